The monoisotopic (exact) mass is 358 g/mol. The van der Waals surface area contributed by atoms with Gasteiger partial charge in [0.15, 0.2) is 5.82 Å². The van der Waals surface area contributed by atoms with Gasteiger partial charge in [-0.1, -0.05) is 49.1 Å². The van der Waals surface area contributed by atoms with Crippen LogP contribution in [0, 0.1) is 0 Å². The SMILES string of the molecule is C=C/C=C(/N=CN=C(N)c1ccccc1)N=Cc1ccc2sccc2c1. The number of rotatable bonds is 6. The van der Waals surface area contributed by atoms with E-state index in [9.17, 15) is 0 Å². The van der Waals surface area contributed by atoms with Gasteiger partial charge in [0.2, 0.25) is 0 Å². The number of nitrogens with two attached hydrogens (primary N) is 1. The molecule has 4 nitrogen and oxygen atoms in total. The molecule has 0 amide bonds. The van der Waals surface area contributed by atoms with Crippen LogP contribution >= 0.6 is 11.3 Å². The van der Waals surface area contributed by atoms with Crippen molar-refractivity contribution in [3.63, 3.8) is 0 Å². The summed E-state index contributed by atoms with van der Waals surface area (Å²) in [4.78, 5) is 12.8. The molecule has 0 spiro atoms. The summed E-state index contributed by atoms with van der Waals surface area (Å²) in [6.45, 7) is 3.70. The highest BCUT2D eigenvalue weighted by atomic mass is 32.1. The molecule has 0 aliphatic rings. The van der Waals surface area contributed by atoms with E-state index in [4.69, 9.17) is 5.73 Å². The zero-order chi connectivity index (χ0) is 18.2. The summed E-state index contributed by atoms with van der Waals surface area (Å²) in [5.74, 6) is 0.897. The van der Waals surface area contributed by atoms with Gasteiger partial charge in [-0.2, -0.15) is 0 Å². The maximum Gasteiger partial charge on any atom is 0.153 e. The number of aliphatic imine (C=N–C) groups is 3. The largest absolute Gasteiger partial charge is 0.383 e. The molecule has 3 rings (SSSR count). The van der Waals surface area contributed by atoms with Gasteiger partial charge in [-0.15, -0.1) is 11.3 Å². The summed E-state index contributed by atoms with van der Waals surface area (Å²) in [5, 5.41) is 3.28. The number of amidine groups is 1. The first-order valence-electron chi connectivity index (χ1n) is 8.01. The average Bonchev–Trinajstić information content (AvgIpc) is 3.14. The lowest BCUT2D eigenvalue weighted by molar-refractivity contribution is 1.25. The second-order valence-corrected chi connectivity index (χ2v) is 6.31. The molecule has 2 N–H and O–H groups in total. The van der Waals surface area contributed by atoms with E-state index in [1.54, 1.807) is 29.7 Å². The van der Waals surface area contributed by atoms with Crippen molar-refractivity contribution < 1.29 is 0 Å². The first-order valence-corrected chi connectivity index (χ1v) is 8.89. The molecule has 0 saturated heterocycles. The van der Waals surface area contributed by atoms with Gasteiger partial charge in [0.05, 0.1) is 0 Å². The minimum Gasteiger partial charge on any atom is -0.383 e. The maximum atomic E-state index is 5.94. The van der Waals surface area contributed by atoms with Gasteiger partial charge in [-0.3, -0.25) is 0 Å². The van der Waals surface area contributed by atoms with Crippen LogP contribution in [-0.2, 0) is 0 Å². The predicted octanol–water partition coefficient (Wildman–Crippen LogP) is 4.78. The van der Waals surface area contributed by atoms with Crippen molar-refractivity contribution in [1.82, 2.24) is 0 Å². The average molecular weight is 358 g/mol. The van der Waals surface area contributed by atoms with Crippen LogP contribution in [0.5, 0.6) is 0 Å². The van der Waals surface area contributed by atoms with E-state index in [-0.39, 0.29) is 0 Å². The van der Waals surface area contributed by atoms with Crippen molar-refractivity contribution in [2.24, 2.45) is 20.7 Å². The zero-order valence-electron chi connectivity index (χ0n) is 14.1. The molecule has 128 valence electrons. The van der Waals surface area contributed by atoms with Gasteiger partial charge in [0, 0.05) is 16.5 Å². The topological polar surface area (TPSA) is 63.1 Å². The fourth-order valence-electron chi connectivity index (χ4n) is 2.26. The molecule has 2 aromatic carbocycles. The van der Waals surface area contributed by atoms with Crippen LogP contribution in [0.15, 0.2) is 99.5 Å². The Bertz CT molecular complexity index is 1010. The van der Waals surface area contributed by atoms with Crippen molar-refractivity contribution in [3.05, 3.63) is 95.7 Å². The number of benzene rings is 2. The van der Waals surface area contributed by atoms with Gasteiger partial charge in [0.1, 0.15) is 12.2 Å². The minimum atomic E-state index is 0.402. The van der Waals surface area contributed by atoms with Crippen LogP contribution in [0.1, 0.15) is 11.1 Å². The van der Waals surface area contributed by atoms with Gasteiger partial charge < -0.3 is 5.73 Å². The van der Waals surface area contributed by atoms with E-state index < -0.39 is 0 Å². The van der Waals surface area contributed by atoms with E-state index >= 15 is 0 Å². The Morgan fingerprint density at radius 3 is 2.69 bits per heavy atom. The second kappa shape index (κ2) is 8.69. The molecule has 26 heavy (non-hydrogen) atoms. The lowest BCUT2D eigenvalue weighted by Gasteiger charge is -1.97. The fourth-order valence-corrected chi connectivity index (χ4v) is 3.04. The molecule has 3 aromatic rings. The standard InChI is InChI=1S/C21H18N4S/c1-2-6-20(24-15-25-21(22)17-7-4-3-5-8-17)23-14-16-9-10-19-18(13-16)11-12-26-19/h2-15H,1H2,(H2,22,24,25)/b20-6+,23-14?. The lowest BCUT2D eigenvalue weighted by Crippen LogP contribution is -2.12. The Hall–Kier alpha value is -3.31. The number of nitrogens with zero attached hydrogens (tertiary/aromatic N) is 3. The third-order valence-electron chi connectivity index (χ3n) is 3.55. The van der Waals surface area contributed by atoms with Crippen molar-refractivity contribution in [2.45, 2.75) is 0 Å². The molecule has 0 aliphatic heterocycles. The first-order chi connectivity index (χ1) is 12.8. The molecule has 0 radical (unpaired) electrons. The van der Waals surface area contributed by atoms with Gasteiger partial charge in [-0.25, -0.2) is 15.0 Å². The molecule has 0 fully saturated rings. The lowest BCUT2D eigenvalue weighted by atomic mass is 10.2. The Balaban J connectivity index is 1.74. The van der Waals surface area contributed by atoms with E-state index in [2.05, 4.69) is 45.1 Å². The Kier molecular flexibility index (Phi) is 5.85. The Labute approximate surface area is 156 Å². The minimum absolute atomic E-state index is 0.402. The van der Waals surface area contributed by atoms with Crippen molar-refractivity contribution in [2.75, 3.05) is 0 Å². The zero-order valence-corrected chi connectivity index (χ0v) is 14.9. The van der Waals surface area contributed by atoms with Gasteiger partial charge in [0.25, 0.3) is 0 Å². The van der Waals surface area contributed by atoms with Crippen LogP contribution in [0.25, 0.3) is 10.1 Å². The maximum absolute atomic E-state index is 5.94. The molecule has 1 aromatic heterocycles. The molecule has 5 heteroatoms. The van der Waals surface area contributed by atoms with Gasteiger partial charge in [-0.05, 0) is 40.6 Å². The van der Waals surface area contributed by atoms with Crippen LogP contribution in [0.4, 0.5) is 0 Å². The van der Waals surface area contributed by atoms with E-state index in [0.717, 1.165) is 11.1 Å². The quantitative estimate of drug-likeness (QED) is 0.385. The summed E-state index contributed by atoms with van der Waals surface area (Å²) in [5.41, 5.74) is 7.80. The summed E-state index contributed by atoms with van der Waals surface area (Å²) in [7, 11) is 0. The molecule has 0 atom stereocenters. The fraction of sp³-hybridized carbons (Fsp3) is 0. The Morgan fingerprint density at radius 2 is 1.88 bits per heavy atom. The molecule has 1 heterocycles. The van der Waals surface area contributed by atoms with E-state index in [1.165, 1.54) is 16.4 Å². The summed E-state index contributed by atoms with van der Waals surface area (Å²) >= 11 is 1.72. The summed E-state index contributed by atoms with van der Waals surface area (Å²) in [6, 6.07) is 17.8. The molecular weight excluding hydrogens is 340 g/mol. The van der Waals surface area contributed by atoms with Crippen LogP contribution in [0.3, 0.4) is 0 Å². The van der Waals surface area contributed by atoms with Crippen molar-refractivity contribution >= 4 is 39.8 Å². The van der Waals surface area contributed by atoms with Crippen molar-refractivity contribution in [3.8, 4) is 0 Å². The summed E-state index contributed by atoms with van der Waals surface area (Å²) < 4.78 is 1.26. The van der Waals surface area contributed by atoms with Crippen molar-refractivity contribution in [1.29, 1.82) is 0 Å². The molecule has 0 bridgehead atoms. The van der Waals surface area contributed by atoms with Crippen LogP contribution < -0.4 is 5.73 Å². The summed E-state index contributed by atoms with van der Waals surface area (Å²) in [6.07, 6.45) is 6.52. The van der Waals surface area contributed by atoms with E-state index in [0.29, 0.717) is 11.7 Å². The second-order valence-electron chi connectivity index (χ2n) is 5.36. The number of allylic oxidation sites excluding steroid dienone is 2. The van der Waals surface area contributed by atoms with Crippen LogP contribution in [0.2, 0.25) is 0 Å². The highest BCUT2D eigenvalue weighted by Crippen LogP contribution is 2.21. The molecular formula is C21H18N4S. The Morgan fingerprint density at radius 1 is 1.04 bits per heavy atom. The molecule has 0 unspecified atom stereocenters. The predicted molar refractivity (Wildman–Crippen MR) is 113 cm³/mol. The molecule has 0 saturated carbocycles. The molecule has 0 aliphatic carbocycles. The third-order valence-corrected chi connectivity index (χ3v) is 4.44. The smallest absolute Gasteiger partial charge is 0.153 e. The number of hydrogen-bond donors (Lipinski definition) is 1. The third kappa shape index (κ3) is 4.62. The van der Waals surface area contributed by atoms with Gasteiger partial charge >= 0.3 is 0 Å². The number of fused-ring (bicyclic) bond motifs is 1. The highest BCUT2D eigenvalue weighted by Gasteiger charge is 1.97. The number of thiophene rings is 1. The van der Waals surface area contributed by atoms with Crippen LogP contribution in [-0.4, -0.2) is 18.4 Å². The number of hydrogen-bond acceptors (Lipinski definition) is 3. The highest BCUT2D eigenvalue weighted by molar-refractivity contribution is 7.17. The first kappa shape index (κ1) is 17.5. The van der Waals surface area contributed by atoms with E-state index in [1.807, 2.05) is 36.4 Å². The normalized spacial score (nSPS) is 13.1.